The van der Waals surface area contributed by atoms with Gasteiger partial charge in [-0.25, -0.2) is 13.1 Å². The molecule has 5 unspecified atom stereocenters. The number of phenols is 1. The lowest BCUT2D eigenvalue weighted by Gasteiger charge is -2.63. The summed E-state index contributed by atoms with van der Waals surface area (Å²) >= 11 is 0. The lowest BCUT2D eigenvalue weighted by Crippen LogP contribution is -2.61. The first kappa shape index (κ1) is 20.2. The zero-order valence-electron chi connectivity index (χ0n) is 18.1. The Morgan fingerprint density at radius 2 is 1.75 bits per heavy atom. The predicted molar refractivity (Wildman–Crippen MR) is 113 cm³/mol. The van der Waals surface area contributed by atoms with Crippen molar-refractivity contribution in [1.82, 2.24) is 4.72 Å². The molecule has 0 heterocycles. The van der Waals surface area contributed by atoms with Crippen LogP contribution in [0.1, 0.15) is 70.1 Å². The van der Waals surface area contributed by atoms with Crippen LogP contribution < -0.4 is 4.72 Å². The van der Waals surface area contributed by atoms with E-state index in [4.69, 9.17) is 0 Å². The topological polar surface area (TPSA) is 66.4 Å². The van der Waals surface area contributed by atoms with Crippen molar-refractivity contribution < 1.29 is 13.5 Å². The van der Waals surface area contributed by atoms with Crippen molar-refractivity contribution in [2.75, 3.05) is 6.26 Å². The van der Waals surface area contributed by atoms with Gasteiger partial charge >= 0.3 is 0 Å². The van der Waals surface area contributed by atoms with Crippen LogP contribution in [0.15, 0.2) is 12.1 Å². The minimum Gasteiger partial charge on any atom is -0.508 e. The highest BCUT2D eigenvalue weighted by Gasteiger charge is 2.63. The number of nitrogens with one attached hydrogen (secondary N) is 1. The smallest absolute Gasteiger partial charge is 0.208 e. The van der Waals surface area contributed by atoms with Crippen LogP contribution in [0.2, 0.25) is 0 Å². The van der Waals surface area contributed by atoms with E-state index in [1.165, 1.54) is 22.9 Å². The van der Waals surface area contributed by atoms with Crippen molar-refractivity contribution in [1.29, 1.82) is 0 Å². The Morgan fingerprint density at radius 1 is 1.07 bits per heavy atom. The zero-order chi connectivity index (χ0) is 20.7. The van der Waals surface area contributed by atoms with Gasteiger partial charge in [-0.1, -0.05) is 27.7 Å². The van der Waals surface area contributed by atoms with Gasteiger partial charge in [0.05, 0.1) is 6.26 Å². The second kappa shape index (κ2) is 5.98. The Morgan fingerprint density at radius 3 is 2.39 bits per heavy atom. The normalized spacial score (nSPS) is 39.1. The Kier molecular flexibility index (Phi) is 4.31. The predicted octanol–water partition coefficient (Wildman–Crippen LogP) is 4.28. The van der Waals surface area contributed by atoms with Crippen LogP contribution in [-0.2, 0) is 21.9 Å². The molecule has 1 aromatic carbocycles. The fourth-order valence-corrected chi connectivity index (χ4v) is 8.76. The molecule has 2 N–H and O–H groups in total. The van der Waals surface area contributed by atoms with Crippen molar-refractivity contribution in [3.8, 4) is 5.75 Å². The van der Waals surface area contributed by atoms with Crippen LogP contribution in [0.3, 0.4) is 0 Å². The summed E-state index contributed by atoms with van der Waals surface area (Å²) < 4.78 is 26.8. The lowest BCUT2D eigenvalue weighted by atomic mass is 9.42. The molecular weight excluding hydrogens is 370 g/mol. The summed E-state index contributed by atoms with van der Waals surface area (Å²) in [5.41, 5.74) is 4.24. The second-order valence-corrected chi connectivity index (χ2v) is 12.7. The summed E-state index contributed by atoms with van der Waals surface area (Å²) in [4.78, 5) is 0. The molecule has 0 aliphatic heterocycles. The van der Waals surface area contributed by atoms with Gasteiger partial charge in [-0.15, -0.1) is 0 Å². The maximum absolute atomic E-state index is 11.9. The summed E-state index contributed by atoms with van der Waals surface area (Å²) in [5.74, 6) is 1.39. The van der Waals surface area contributed by atoms with Crippen LogP contribution in [0.5, 0.6) is 5.75 Å². The molecular formula is C23H35NO3S. The number of aryl methyl sites for hydroxylation is 1. The van der Waals surface area contributed by atoms with Gasteiger partial charge in [0.25, 0.3) is 0 Å². The highest BCUT2D eigenvalue weighted by atomic mass is 32.2. The van der Waals surface area contributed by atoms with E-state index < -0.39 is 10.0 Å². The number of benzene rings is 1. The molecule has 2 fully saturated rings. The molecule has 5 atom stereocenters. The van der Waals surface area contributed by atoms with Gasteiger partial charge < -0.3 is 5.11 Å². The van der Waals surface area contributed by atoms with E-state index in [1.54, 1.807) is 0 Å². The van der Waals surface area contributed by atoms with Crippen LogP contribution >= 0.6 is 0 Å². The second-order valence-electron chi connectivity index (χ2n) is 10.9. The van der Waals surface area contributed by atoms with E-state index in [1.807, 2.05) is 12.1 Å². The largest absolute Gasteiger partial charge is 0.508 e. The molecule has 0 amide bonds. The van der Waals surface area contributed by atoms with Gasteiger partial charge in [0.15, 0.2) is 0 Å². The van der Waals surface area contributed by atoms with Gasteiger partial charge in [-0.3, -0.25) is 0 Å². The fraction of sp³-hybridized carbons (Fsp3) is 0.739. The van der Waals surface area contributed by atoms with Crippen molar-refractivity contribution in [3.05, 3.63) is 28.8 Å². The summed E-state index contributed by atoms with van der Waals surface area (Å²) in [6, 6.07) is 3.89. The van der Waals surface area contributed by atoms with Crippen LogP contribution in [0, 0.1) is 29.6 Å². The van der Waals surface area contributed by atoms with Gasteiger partial charge in [0.2, 0.25) is 10.0 Å². The first-order valence-corrected chi connectivity index (χ1v) is 12.5. The number of aromatic hydroxyl groups is 1. The van der Waals surface area contributed by atoms with Crippen LogP contribution in [0.4, 0.5) is 0 Å². The van der Waals surface area contributed by atoms with E-state index in [0.29, 0.717) is 17.6 Å². The Balaban J connectivity index is 1.74. The summed E-state index contributed by atoms with van der Waals surface area (Å²) in [5, 5.41) is 10.2. The molecule has 4 rings (SSSR count). The number of hydrogen-bond acceptors (Lipinski definition) is 3. The number of phenolic OH excluding ortho intramolecular Hbond substituents is 1. The van der Waals surface area contributed by atoms with Crippen molar-refractivity contribution in [3.63, 3.8) is 0 Å². The molecule has 0 radical (unpaired) electrons. The number of hydrogen-bond donors (Lipinski definition) is 2. The monoisotopic (exact) mass is 405 g/mol. The molecule has 0 aromatic heterocycles. The molecule has 5 heteroatoms. The molecule has 3 aliphatic carbocycles. The molecule has 4 nitrogen and oxygen atoms in total. The lowest BCUT2D eigenvalue weighted by molar-refractivity contribution is -0.109. The van der Waals surface area contributed by atoms with Crippen LogP contribution in [0.25, 0.3) is 0 Å². The number of sulfonamides is 1. The third kappa shape index (κ3) is 2.76. The molecule has 156 valence electrons. The highest BCUT2D eigenvalue weighted by Crippen LogP contribution is 2.68. The van der Waals surface area contributed by atoms with Crippen molar-refractivity contribution >= 4 is 10.0 Å². The Hall–Kier alpha value is -1.07. The average Bonchev–Trinajstić information content (AvgIpc) is 2.83. The SMILES string of the molecule is Cc1cc(O)cc2c1C1(C)CCC3C(C)(C)C(NS(C)(=O)=O)CCC3(C)C1C2. The molecule has 0 bridgehead atoms. The first-order valence-electron chi connectivity index (χ1n) is 10.6. The third-order valence-corrected chi connectivity index (χ3v) is 9.55. The highest BCUT2D eigenvalue weighted by molar-refractivity contribution is 7.88. The number of rotatable bonds is 2. The average molecular weight is 406 g/mol. The van der Waals surface area contributed by atoms with E-state index in [9.17, 15) is 13.5 Å². The number of fused-ring (bicyclic) bond motifs is 5. The quantitative estimate of drug-likeness (QED) is 0.771. The van der Waals surface area contributed by atoms with Gasteiger partial charge in [0.1, 0.15) is 5.75 Å². The molecule has 0 saturated heterocycles. The zero-order valence-corrected chi connectivity index (χ0v) is 18.9. The fourth-order valence-electron chi connectivity index (χ4n) is 7.82. The van der Waals surface area contributed by atoms with E-state index in [2.05, 4.69) is 39.3 Å². The molecule has 28 heavy (non-hydrogen) atoms. The standard InChI is InChI=1S/C23H35NO3S/c1-14-11-16(25)12-15-13-18-22(4)10-8-19(24-28(6,26)27)21(2,3)17(22)7-9-23(18,5)20(14)15/h11-12,17-19,24-25H,7-10,13H2,1-6H3. The van der Waals surface area contributed by atoms with Gasteiger partial charge in [-0.2, -0.15) is 0 Å². The van der Waals surface area contributed by atoms with Gasteiger partial charge in [-0.05, 0) is 95.9 Å². The third-order valence-electron chi connectivity index (χ3n) is 8.83. The molecule has 3 aliphatic rings. The van der Waals surface area contributed by atoms with Gasteiger partial charge in [0, 0.05) is 6.04 Å². The molecule has 0 spiro atoms. The van der Waals surface area contributed by atoms with Crippen molar-refractivity contribution in [2.45, 2.75) is 78.2 Å². The Labute approximate surface area is 170 Å². The first-order chi connectivity index (χ1) is 12.8. The molecule has 1 aromatic rings. The maximum Gasteiger partial charge on any atom is 0.208 e. The van der Waals surface area contributed by atoms with E-state index in [0.717, 1.165) is 32.1 Å². The van der Waals surface area contributed by atoms with E-state index >= 15 is 0 Å². The van der Waals surface area contributed by atoms with E-state index in [-0.39, 0.29) is 22.3 Å². The molecule has 2 saturated carbocycles. The summed E-state index contributed by atoms with van der Waals surface area (Å²) in [6.07, 6.45) is 6.49. The summed E-state index contributed by atoms with van der Waals surface area (Å²) in [6.45, 7) is 11.6. The summed E-state index contributed by atoms with van der Waals surface area (Å²) in [7, 11) is -3.21. The Bertz CT molecular complexity index is 922. The maximum atomic E-state index is 11.9. The van der Waals surface area contributed by atoms with Crippen LogP contribution in [-0.4, -0.2) is 25.8 Å². The minimum atomic E-state index is -3.21. The minimum absolute atomic E-state index is 0.000472. The van der Waals surface area contributed by atoms with Crippen molar-refractivity contribution in [2.24, 2.45) is 22.7 Å².